The second kappa shape index (κ2) is 7.30. The molecule has 2 aliphatic rings. The Bertz CT molecular complexity index is 820. The van der Waals surface area contributed by atoms with Gasteiger partial charge in [-0.25, -0.2) is 9.59 Å². The van der Waals surface area contributed by atoms with Gasteiger partial charge in [-0.15, -0.1) is 0 Å². The number of hydrogen-bond acceptors (Lipinski definition) is 3. The summed E-state index contributed by atoms with van der Waals surface area (Å²) in [7, 11) is 2.29. The molecule has 0 fully saturated rings. The Balaban J connectivity index is 0.000000286. The van der Waals surface area contributed by atoms with Crippen LogP contribution in [0.1, 0.15) is 41.5 Å². The van der Waals surface area contributed by atoms with Crippen molar-refractivity contribution in [1.29, 1.82) is 0 Å². The molecule has 136 valence electrons. The molecule has 2 aromatic carbocycles. The fourth-order valence-electron chi connectivity index (χ4n) is 4.31. The first-order valence-corrected chi connectivity index (χ1v) is 8.81. The summed E-state index contributed by atoms with van der Waals surface area (Å²) in [6.07, 6.45) is 5.10. The van der Waals surface area contributed by atoms with Crippen LogP contribution in [-0.4, -0.2) is 34.1 Å². The van der Waals surface area contributed by atoms with Crippen molar-refractivity contribution >= 4 is 11.9 Å². The van der Waals surface area contributed by atoms with E-state index in [0.29, 0.717) is 0 Å². The minimum atomic E-state index is -1.82. The highest BCUT2D eigenvalue weighted by molar-refractivity contribution is 6.27. The SMILES string of the molecule is CN1Cc2ccccc2C12CCCCc1ccccc12.O=C(O)C(=O)O. The van der Waals surface area contributed by atoms with E-state index in [2.05, 4.69) is 60.5 Å². The van der Waals surface area contributed by atoms with Crippen LogP contribution in [0.25, 0.3) is 0 Å². The van der Waals surface area contributed by atoms with Gasteiger partial charge < -0.3 is 10.2 Å². The van der Waals surface area contributed by atoms with Crippen molar-refractivity contribution < 1.29 is 19.8 Å². The lowest BCUT2D eigenvalue weighted by atomic mass is 9.78. The summed E-state index contributed by atoms with van der Waals surface area (Å²) in [5.41, 5.74) is 6.26. The molecule has 5 nitrogen and oxygen atoms in total. The molecular formula is C21H23NO4. The molecule has 1 aliphatic heterocycles. The number of carboxylic acids is 2. The highest BCUT2D eigenvalue weighted by Crippen LogP contribution is 2.49. The lowest BCUT2D eigenvalue weighted by molar-refractivity contribution is -0.159. The summed E-state index contributed by atoms with van der Waals surface area (Å²) < 4.78 is 0. The first kappa shape index (κ1) is 18.1. The van der Waals surface area contributed by atoms with Crippen molar-refractivity contribution in [3.8, 4) is 0 Å². The van der Waals surface area contributed by atoms with Crippen LogP contribution in [-0.2, 0) is 28.1 Å². The third-order valence-electron chi connectivity index (χ3n) is 5.40. The monoisotopic (exact) mass is 353 g/mol. The third kappa shape index (κ3) is 3.10. The zero-order chi connectivity index (χ0) is 18.7. The fraction of sp³-hybridized carbons (Fsp3) is 0.333. The molecule has 0 saturated heterocycles. The van der Waals surface area contributed by atoms with Crippen molar-refractivity contribution in [3.05, 3.63) is 70.8 Å². The van der Waals surface area contributed by atoms with Gasteiger partial charge in [0, 0.05) is 6.54 Å². The molecule has 5 heteroatoms. The summed E-state index contributed by atoms with van der Waals surface area (Å²) in [4.78, 5) is 20.8. The summed E-state index contributed by atoms with van der Waals surface area (Å²) in [6.45, 7) is 1.07. The third-order valence-corrected chi connectivity index (χ3v) is 5.40. The molecule has 1 heterocycles. The van der Waals surface area contributed by atoms with Crippen molar-refractivity contribution in [2.75, 3.05) is 7.05 Å². The van der Waals surface area contributed by atoms with Gasteiger partial charge in [0.05, 0.1) is 5.54 Å². The van der Waals surface area contributed by atoms with E-state index in [0.717, 1.165) is 6.54 Å². The number of hydrogen-bond donors (Lipinski definition) is 2. The molecule has 0 aromatic heterocycles. The van der Waals surface area contributed by atoms with Gasteiger partial charge in [0.2, 0.25) is 0 Å². The van der Waals surface area contributed by atoms with Crippen LogP contribution < -0.4 is 0 Å². The van der Waals surface area contributed by atoms with Crippen LogP contribution in [0.4, 0.5) is 0 Å². The molecule has 0 amide bonds. The van der Waals surface area contributed by atoms with E-state index in [1.54, 1.807) is 11.1 Å². The predicted octanol–water partition coefficient (Wildman–Crippen LogP) is 3.26. The van der Waals surface area contributed by atoms with Gasteiger partial charge in [0.1, 0.15) is 0 Å². The highest BCUT2D eigenvalue weighted by Gasteiger charge is 2.45. The Kier molecular flexibility index (Phi) is 5.09. The number of nitrogens with zero attached hydrogens (tertiary/aromatic N) is 1. The average Bonchev–Trinajstić information content (AvgIpc) is 2.78. The Labute approximate surface area is 152 Å². The largest absolute Gasteiger partial charge is 0.473 e. The summed E-state index contributed by atoms with van der Waals surface area (Å²) in [6, 6.07) is 18.1. The molecule has 0 saturated carbocycles. The molecule has 2 N–H and O–H groups in total. The van der Waals surface area contributed by atoms with Gasteiger partial charge in [-0.1, -0.05) is 55.0 Å². The van der Waals surface area contributed by atoms with Crippen LogP contribution in [0.3, 0.4) is 0 Å². The van der Waals surface area contributed by atoms with E-state index >= 15 is 0 Å². The maximum Gasteiger partial charge on any atom is 0.414 e. The van der Waals surface area contributed by atoms with Gasteiger partial charge in [0.25, 0.3) is 0 Å². The van der Waals surface area contributed by atoms with Crippen molar-refractivity contribution in [2.24, 2.45) is 0 Å². The van der Waals surface area contributed by atoms with E-state index in [-0.39, 0.29) is 5.54 Å². The van der Waals surface area contributed by atoms with Crippen LogP contribution in [0.2, 0.25) is 0 Å². The van der Waals surface area contributed by atoms with Gasteiger partial charge in [-0.3, -0.25) is 4.90 Å². The molecule has 2 aromatic rings. The fourth-order valence-corrected chi connectivity index (χ4v) is 4.31. The number of aryl methyl sites for hydroxylation is 1. The number of benzene rings is 2. The second-order valence-electron chi connectivity index (χ2n) is 6.85. The Hall–Kier alpha value is -2.66. The van der Waals surface area contributed by atoms with Crippen LogP contribution >= 0.6 is 0 Å². The van der Waals surface area contributed by atoms with Crippen molar-refractivity contribution in [2.45, 2.75) is 37.8 Å². The molecular weight excluding hydrogens is 330 g/mol. The molecule has 1 unspecified atom stereocenters. The summed E-state index contributed by atoms with van der Waals surface area (Å²) >= 11 is 0. The number of aliphatic carboxylic acids is 2. The van der Waals surface area contributed by atoms with E-state index in [1.807, 2.05) is 0 Å². The standard InChI is InChI=1S/C19H21N.C2H2O4/c1-20-14-16-10-3-5-12-18(16)19(20)13-7-6-9-15-8-2-4-11-17(15)19;3-1(4)2(5)6/h2-5,8,10-12H,6-7,9,13-14H2,1H3;(H,3,4)(H,5,6). The van der Waals surface area contributed by atoms with Crippen LogP contribution in [0.15, 0.2) is 48.5 Å². The first-order valence-electron chi connectivity index (χ1n) is 8.81. The topological polar surface area (TPSA) is 77.8 Å². The smallest absolute Gasteiger partial charge is 0.414 e. The molecule has 1 aliphatic carbocycles. The quantitative estimate of drug-likeness (QED) is 0.711. The van der Waals surface area contributed by atoms with E-state index < -0.39 is 11.9 Å². The zero-order valence-electron chi connectivity index (χ0n) is 14.8. The van der Waals surface area contributed by atoms with Crippen molar-refractivity contribution in [1.82, 2.24) is 4.90 Å². The molecule has 26 heavy (non-hydrogen) atoms. The number of carbonyl (C=O) groups is 2. The van der Waals surface area contributed by atoms with Gasteiger partial charge in [-0.2, -0.15) is 0 Å². The lowest BCUT2D eigenvalue weighted by Crippen LogP contribution is -2.39. The Morgan fingerprint density at radius 3 is 2.04 bits per heavy atom. The molecule has 1 spiro atoms. The zero-order valence-corrected chi connectivity index (χ0v) is 14.8. The van der Waals surface area contributed by atoms with E-state index in [1.165, 1.54) is 36.8 Å². The van der Waals surface area contributed by atoms with E-state index in [9.17, 15) is 0 Å². The summed E-state index contributed by atoms with van der Waals surface area (Å²) in [5.74, 6) is -3.65. The molecule has 0 bridgehead atoms. The minimum absolute atomic E-state index is 0.115. The number of fused-ring (bicyclic) bond motifs is 4. The van der Waals surface area contributed by atoms with E-state index in [4.69, 9.17) is 19.8 Å². The number of rotatable bonds is 0. The van der Waals surface area contributed by atoms with Crippen LogP contribution in [0, 0.1) is 0 Å². The second-order valence-corrected chi connectivity index (χ2v) is 6.85. The average molecular weight is 353 g/mol. The molecule has 4 rings (SSSR count). The molecule has 1 atom stereocenters. The predicted molar refractivity (Wildman–Crippen MR) is 98.0 cm³/mol. The molecule has 0 radical (unpaired) electrons. The van der Waals surface area contributed by atoms with Gasteiger partial charge in [-0.05, 0) is 48.6 Å². The maximum atomic E-state index is 9.10. The van der Waals surface area contributed by atoms with Crippen LogP contribution in [0.5, 0.6) is 0 Å². The minimum Gasteiger partial charge on any atom is -0.473 e. The maximum absolute atomic E-state index is 9.10. The van der Waals surface area contributed by atoms with Gasteiger partial charge in [0.15, 0.2) is 0 Å². The highest BCUT2D eigenvalue weighted by atomic mass is 16.4. The van der Waals surface area contributed by atoms with Gasteiger partial charge >= 0.3 is 11.9 Å². The Morgan fingerprint density at radius 2 is 1.42 bits per heavy atom. The van der Waals surface area contributed by atoms with Crippen molar-refractivity contribution in [3.63, 3.8) is 0 Å². The normalized spacial score (nSPS) is 21.1. The first-order chi connectivity index (χ1) is 12.5. The Morgan fingerprint density at radius 1 is 0.885 bits per heavy atom. The number of carboxylic acid groups (broad SMARTS) is 2. The summed E-state index contributed by atoms with van der Waals surface area (Å²) in [5, 5.41) is 14.8. The lowest BCUT2D eigenvalue weighted by Gasteiger charge is -2.38.